The third-order valence-corrected chi connectivity index (χ3v) is 6.43. The Hall–Kier alpha value is -3.87. The van der Waals surface area contributed by atoms with Gasteiger partial charge in [0.05, 0.1) is 11.6 Å². The summed E-state index contributed by atoms with van der Waals surface area (Å²) >= 11 is 0. The molecule has 3 aromatic carbocycles. The van der Waals surface area contributed by atoms with Crippen molar-refractivity contribution in [1.29, 1.82) is 0 Å². The van der Waals surface area contributed by atoms with E-state index in [1.54, 1.807) is 6.07 Å². The largest absolute Gasteiger partial charge is 0.507 e. The SMILES string of the molecule is O=C1C(=O)N(c2ccc(F)c(F)c2)C(c2ccc(F)cc2)/C1=C(/O)c1ccc2c(c1)CCCC2. The van der Waals surface area contributed by atoms with Crippen molar-refractivity contribution in [3.05, 3.63) is 106 Å². The highest BCUT2D eigenvalue weighted by atomic mass is 19.2. The number of amides is 1. The number of hydrogen-bond donors (Lipinski definition) is 1. The Morgan fingerprint density at radius 3 is 2.24 bits per heavy atom. The zero-order chi connectivity index (χ0) is 24.0. The van der Waals surface area contributed by atoms with Crippen molar-refractivity contribution in [2.45, 2.75) is 31.7 Å². The monoisotopic (exact) mass is 463 g/mol. The number of anilines is 1. The number of ketones is 1. The van der Waals surface area contributed by atoms with E-state index in [0.29, 0.717) is 11.1 Å². The van der Waals surface area contributed by atoms with Crippen molar-refractivity contribution in [2.75, 3.05) is 4.90 Å². The molecule has 1 unspecified atom stereocenters. The number of aliphatic hydroxyl groups is 1. The number of rotatable bonds is 3. The maximum atomic E-state index is 14.0. The maximum Gasteiger partial charge on any atom is 0.300 e. The molecular weight excluding hydrogens is 443 g/mol. The second-order valence-corrected chi connectivity index (χ2v) is 8.51. The predicted octanol–water partition coefficient (Wildman–Crippen LogP) is 5.61. The molecule has 4 nitrogen and oxygen atoms in total. The Balaban J connectivity index is 1.70. The van der Waals surface area contributed by atoms with Crippen molar-refractivity contribution in [1.82, 2.24) is 0 Å². The third-order valence-electron chi connectivity index (χ3n) is 6.43. The number of aliphatic hydroxyl groups excluding tert-OH is 1. The Morgan fingerprint density at radius 2 is 1.53 bits per heavy atom. The molecule has 0 bridgehead atoms. The van der Waals surface area contributed by atoms with Gasteiger partial charge in [-0.1, -0.05) is 24.3 Å². The van der Waals surface area contributed by atoms with Crippen LogP contribution in [0.5, 0.6) is 0 Å². The summed E-state index contributed by atoms with van der Waals surface area (Å²) in [5.74, 6) is -5.15. The summed E-state index contributed by atoms with van der Waals surface area (Å²) in [6, 6.07) is 12.2. The van der Waals surface area contributed by atoms with Crippen LogP contribution in [-0.4, -0.2) is 16.8 Å². The van der Waals surface area contributed by atoms with Crippen LogP contribution in [0.25, 0.3) is 5.76 Å². The second kappa shape index (κ2) is 8.48. The molecule has 2 aliphatic rings. The molecule has 1 atom stereocenters. The van der Waals surface area contributed by atoms with E-state index >= 15 is 0 Å². The van der Waals surface area contributed by atoms with Crippen molar-refractivity contribution < 1.29 is 27.9 Å². The van der Waals surface area contributed by atoms with Crippen LogP contribution in [0.1, 0.15) is 41.1 Å². The van der Waals surface area contributed by atoms with Gasteiger partial charge in [-0.2, -0.15) is 0 Å². The lowest BCUT2D eigenvalue weighted by atomic mass is 9.88. The van der Waals surface area contributed by atoms with E-state index in [9.17, 15) is 27.9 Å². The lowest BCUT2D eigenvalue weighted by Crippen LogP contribution is -2.29. The van der Waals surface area contributed by atoms with Crippen LogP contribution in [-0.2, 0) is 22.4 Å². The first-order valence-corrected chi connectivity index (χ1v) is 11.0. The molecule has 1 N–H and O–H groups in total. The first-order chi connectivity index (χ1) is 16.3. The summed E-state index contributed by atoms with van der Waals surface area (Å²) in [7, 11) is 0. The number of hydrogen-bond acceptors (Lipinski definition) is 3. The molecule has 172 valence electrons. The molecule has 3 aromatic rings. The predicted molar refractivity (Wildman–Crippen MR) is 121 cm³/mol. The molecule has 1 fully saturated rings. The Labute approximate surface area is 194 Å². The van der Waals surface area contributed by atoms with E-state index in [-0.39, 0.29) is 17.0 Å². The van der Waals surface area contributed by atoms with Crippen molar-refractivity contribution in [3.8, 4) is 0 Å². The van der Waals surface area contributed by atoms with Crippen LogP contribution in [0.2, 0.25) is 0 Å². The van der Waals surface area contributed by atoms with Crippen LogP contribution in [0.3, 0.4) is 0 Å². The molecule has 1 amide bonds. The van der Waals surface area contributed by atoms with Crippen molar-refractivity contribution in [3.63, 3.8) is 0 Å². The molecular formula is C27H20F3NO3. The molecule has 1 aliphatic heterocycles. The average Bonchev–Trinajstić information content (AvgIpc) is 3.11. The highest BCUT2D eigenvalue weighted by Crippen LogP contribution is 2.42. The summed E-state index contributed by atoms with van der Waals surface area (Å²) in [6.45, 7) is 0. The summed E-state index contributed by atoms with van der Waals surface area (Å²) in [4.78, 5) is 27.2. The van der Waals surface area contributed by atoms with Gasteiger partial charge in [-0.25, -0.2) is 13.2 Å². The molecule has 7 heteroatoms. The van der Waals surface area contributed by atoms with Gasteiger partial charge in [-0.05, 0) is 72.7 Å². The van der Waals surface area contributed by atoms with E-state index in [4.69, 9.17) is 0 Å². The van der Waals surface area contributed by atoms with Crippen LogP contribution in [0.15, 0.2) is 66.2 Å². The van der Waals surface area contributed by atoms with Gasteiger partial charge in [0.2, 0.25) is 0 Å². The smallest absolute Gasteiger partial charge is 0.300 e. The van der Waals surface area contributed by atoms with E-state index in [1.807, 2.05) is 12.1 Å². The minimum atomic E-state index is -1.19. The average molecular weight is 463 g/mol. The normalized spacial score (nSPS) is 19.4. The maximum absolute atomic E-state index is 14.0. The molecule has 1 heterocycles. The highest BCUT2D eigenvalue weighted by Gasteiger charge is 2.47. The zero-order valence-corrected chi connectivity index (χ0v) is 18.0. The fraction of sp³-hybridized carbons (Fsp3) is 0.185. The Morgan fingerprint density at radius 1 is 0.824 bits per heavy atom. The van der Waals surface area contributed by atoms with E-state index in [2.05, 4.69) is 0 Å². The number of nitrogens with zero attached hydrogens (tertiary/aromatic N) is 1. The quantitative estimate of drug-likeness (QED) is 0.312. The van der Waals surface area contributed by atoms with Gasteiger partial charge in [0.1, 0.15) is 11.6 Å². The second-order valence-electron chi connectivity index (χ2n) is 8.51. The van der Waals surface area contributed by atoms with Crippen molar-refractivity contribution in [2.24, 2.45) is 0 Å². The molecule has 1 saturated heterocycles. The topological polar surface area (TPSA) is 57.6 Å². The highest BCUT2D eigenvalue weighted by molar-refractivity contribution is 6.51. The Bertz CT molecular complexity index is 1350. The number of halogens is 3. The van der Waals surface area contributed by atoms with Gasteiger partial charge in [-0.15, -0.1) is 0 Å². The molecule has 0 saturated carbocycles. The van der Waals surface area contributed by atoms with Gasteiger partial charge in [0.25, 0.3) is 11.7 Å². The van der Waals surface area contributed by atoms with Crippen LogP contribution < -0.4 is 4.90 Å². The molecule has 0 aromatic heterocycles. The fourth-order valence-electron chi connectivity index (χ4n) is 4.73. The minimum absolute atomic E-state index is 0.0557. The summed E-state index contributed by atoms with van der Waals surface area (Å²) < 4.78 is 41.2. The number of carbonyl (C=O) groups excluding carboxylic acids is 2. The lowest BCUT2D eigenvalue weighted by molar-refractivity contribution is -0.132. The fourth-order valence-corrected chi connectivity index (χ4v) is 4.73. The first-order valence-electron chi connectivity index (χ1n) is 11.0. The third kappa shape index (κ3) is 3.67. The number of fused-ring (bicyclic) bond motifs is 1. The van der Waals surface area contributed by atoms with Gasteiger partial charge < -0.3 is 5.11 Å². The van der Waals surface area contributed by atoms with Crippen LogP contribution in [0, 0.1) is 17.5 Å². The number of benzene rings is 3. The molecule has 0 spiro atoms. The van der Waals surface area contributed by atoms with Gasteiger partial charge in [-0.3, -0.25) is 14.5 Å². The summed E-state index contributed by atoms with van der Waals surface area (Å²) in [6.07, 6.45) is 3.89. The van der Waals surface area contributed by atoms with Crippen molar-refractivity contribution >= 4 is 23.1 Å². The minimum Gasteiger partial charge on any atom is -0.507 e. The number of Topliss-reactive ketones (excluding diaryl/α,β-unsaturated/α-hetero) is 1. The summed E-state index contributed by atoms with van der Waals surface area (Å²) in [5, 5.41) is 11.2. The summed E-state index contributed by atoms with van der Waals surface area (Å²) in [5.41, 5.74) is 2.72. The molecule has 0 radical (unpaired) electrons. The number of aryl methyl sites for hydroxylation is 2. The van der Waals surface area contributed by atoms with Gasteiger partial charge >= 0.3 is 0 Å². The zero-order valence-electron chi connectivity index (χ0n) is 18.0. The molecule has 34 heavy (non-hydrogen) atoms. The van der Waals surface area contributed by atoms with E-state index < -0.39 is 35.2 Å². The van der Waals surface area contributed by atoms with E-state index in [0.717, 1.165) is 48.3 Å². The van der Waals surface area contributed by atoms with E-state index in [1.165, 1.54) is 35.9 Å². The van der Waals surface area contributed by atoms with Gasteiger partial charge in [0, 0.05) is 17.3 Å². The molecule has 5 rings (SSSR count). The number of carbonyl (C=O) groups is 2. The Kier molecular flexibility index (Phi) is 5.48. The molecule has 1 aliphatic carbocycles. The standard InChI is InChI=1S/C27H20F3NO3/c28-19-9-7-16(8-10-19)24-23(25(32)18-6-5-15-3-1-2-4-17(15)13-18)26(33)27(34)31(24)20-11-12-21(29)22(30)14-20/h5-14,24,32H,1-4H2/b25-23-. The van der Waals surface area contributed by atoms with Gasteiger partial charge in [0.15, 0.2) is 11.6 Å². The lowest BCUT2D eigenvalue weighted by Gasteiger charge is -2.25. The van der Waals surface area contributed by atoms with Crippen LogP contribution in [0.4, 0.5) is 18.9 Å². The van der Waals surface area contributed by atoms with Crippen LogP contribution >= 0.6 is 0 Å². The first kappa shape index (κ1) is 21.9.